The maximum Gasteiger partial charge on any atom is 0.0710 e. The number of methoxy groups -OCH3 is 1. The zero-order valence-corrected chi connectivity index (χ0v) is 10.7. The minimum absolute atomic E-state index is 0.454. The summed E-state index contributed by atoms with van der Waals surface area (Å²) >= 11 is 0. The van der Waals surface area contributed by atoms with E-state index in [-0.39, 0.29) is 0 Å². The van der Waals surface area contributed by atoms with Crippen molar-refractivity contribution in [2.75, 3.05) is 26.7 Å². The van der Waals surface area contributed by atoms with Crippen molar-refractivity contribution in [2.45, 2.75) is 44.8 Å². The van der Waals surface area contributed by atoms with Crippen LogP contribution in [0.15, 0.2) is 0 Å². The summed E-state index contributed by atoms with van der Waals surface area (Å²) in [5.41, 5.74) is 5.92. The largest absolute Gasteiger partial charge is 0.380 e. The average Bonchev–Trinajstić information content (AvgIpc) is 2.77. The van der Waals surface area contributed by atoms with Gasteiger partial charge in [-0.2, -0.15) is 0 Å². The van der Waals surface area contributed by atoms with Gasteiger partial charge in [0.15, 0.2) is 0 Å². The van der Waals surface area contributed by atoms with Crippen LogP contribution < -0.4 is 5.73 Å². The predicted octanol–water partition coefficient (Wildman–Crippen LogP) is 1.47. The fourth-order valence-electron chi connectivity index (χ4n) is 3.38. The molecule has 2 rings (SSSR count). The summed E-state index contributed by atoms with van der Waals surface area (Å²) in [5.74, 6) is 1.58. The topological polar surface area (TPSA) is 38.5 Å². The van der Waals surface area contributed by atoms with Gasteiger partial charge in [0.2, 0.25) is 0 Å². The van der Waals surface area contributed by atoms with Crippen molar-refractivity contribution in [3.05, 3.63) is 0 Å². The smallest absolute Gasteiger partial charge is 0.0710 e. The predicted molar refractivity (Wildman–Crippen MR) is 66.3 cm³/mol. The number of nitrogens with two attached hydrogens (primary N) is 1. The molecule has 2 aliphatic rings. The molecule has 3 heteroatoms. The molecule has 2 N–H and O–H groups in total. The molecular weight excluding hydrogens is 200 g/mol. The van der Waals surface area contributed by atoms with Gasteiger partial charge in [-0.15, -0.1) is 0 Å². The zero-order chi connectivity index (χ0) is 11.5. The van der Waals surface area contributed by atoms with Crippen molar-refractivity contribution >= 4 is 0 Å². The highest BCUT2D eigenvalue weighted by atomic mass is 16.5. The van der Waals surface area contributed by atoms with E-state index in [2.05, 4.69) is 11.8 Å². The molecular formula is C13H26N2O. The summed E-state index contributed by atoms with van der Waals surface area (Å²) in [6, 6.07) is 0.717. The molecule has 0 amide bonds. The fraction of sp³-hybridized carbons (Fsp3) is 1.00. The van der Waals surface area contributed by atoms with Crippen LogP contribution in [0.4, 0.5) is 0 Å². The second-order valence-corrected chi connectivity index (χ2v) is 5.62. The number of nitrogens with zero attached hydrogens (tertiary/aromatic N) is 1. The van der Waals surface area contributed by atoms with E-state index in [0.29, 0.717) is 18.1 Å². The van der Waals surface area contributed by atoms with Crippen molar-refractivity contribution < 1.29 is 4.74 Å². The summed E-state index contributed by atoms with van der Waals surface area (Å²) in [5, 5.41) is 0. The molecule has 1 aliphatic heterocycles. The van der Waals surface area contributed by atoms with E-state index in [9.17, 15) is 0 Å². The number of likely N-dealkylation sites (tertiary alicyclic amines) is 1. The highest BCUT2D eigenvalue weighted by molar-refractivity contribution is 4.90. The molecule has 4 atom stereocenters. The first kappa shape index (κ1) is 12.3. The summed E-state index contributed by atoms with van der Waals surface area (Å²) in [4.78, 5) is 2.63. The highest BCUT2D eigenvalue weighted by Gasteiger charge is 2.35. The van der Waals surface area contributed by atoms with Gasteiger partial charge >= 0.3 is 0 Å². The minimum atomic E-state index is 0.454. The Morgan fingerprint density at radius 2 is 2.12 bits per heavy atom. The normalized spacial score (nSPS) is 41.4. The Morgan fingerprint density at radius 1 is 1.31 bits per heavy atom. The molecule has 1 heterocycles. The number of hydrogen-bond donors (Lipinski definition) is 1. The van der Waals surface area contributed by atoms with Crippen LogP contribution in [0, 0.1) is 11.8 Å². The maximum atomic E-state index is 5.92. The Morgan fingerprint density at radius 3 is 2.75 bits per heavy atom. The van der Waals surface area contributed by atoms with Crippen molar-refractivity contribution in [3.63, 3.8) is 0 Å². The van der Waals surface area contributed by atoms with Gasteiger partial charge in [0, 0.05) is 26.2 Å². The maximum absolute atomic E-state index is 5.92. The van der Waals surface area contributed by atoms with Gasteiger partial charge in [-0.25, -0.2) is 0 Å². The highest BCUT2D eigenvalue weighted by Crippen LogP contribution is 2.33. The Hall–Kier alpha value is -0.120. The molecule has 0 bridgehead atoms. The van der Waals surface area contributed by atoms with Crippen LogP contribution in [0.3, 0.4) is 0 Å². The Bertz CT molecular complexity index is 222. The average molecular weight is 226 g/mol. The summed E-state index contributed by atoms with van der Waals surface area (Å²) in [6.07, 6.45) is 5.66. The molecule has 94 valence electrons. The molecule has 0 aromatic heterocycles. The number of rotatable bonds is 3. The third-order valence-corrected chi connectivity index (χ3v) is 4.50. The second kappa shape index (κ2) is 5.48. The molecule has 16 heavy (non-hydrogen) atoms. The SMILES string of the molecule is COC1CCN(C2CC(C)CCC2CN)C1. The van der Waals surface area contributed by atoms with Crippen molar-refractivity contribution in [1.29, 1.82) is 0 Å². The van der Waals surface area contributed by atoms with E-state index in [1.807, 2.05) is 7.11 Å². The second-order valence-electron chi connectivity index (χ2n) is 5.62. The van der Waals surface area contributed by atoms with E-state index in [1.54, 1.807) is 0 Å². The lowest BCUT2D eigenvalue weighted by atomic mass is 9.78. The van der Waals surface area contributed by atoms with E-state index in [0.717, 1.165) is 19.0 Å². The van der Waals surface area contributed by atoms with Gasteiger partial charge in [-0.05, 0) is 37.6 Å². The van der Waals surface area contributed by atoms with E-state index >= 15 is 0 Å². The van der Waals surface area contributed by atoms with Crippen LogP contribution in [0.1, 0.15) is 32.6 Å². The molecule has 3 nitrogen and oxygen atoms in total. The quantitative estimate of drug-likeness (QED) is 0.792. The molecule has 1 aliphatic carbocycles. The zero-order valence-electron chi connectivity index (χ0n) is 10.7. The first-order valence-electron chi connectivity index (χ1n) is 6.71. The first-order valence-corrected chi connectivity index (χ1v) is 6.71. The Kier molecular flexibility index (Phi) is 4.22. The van der Waals surface area contributed by atoms with Crippen LogP contribution in [0.5, 0.6) is 0 Å². The summed E-state index contributed by atoms with van der Waals surface area (Å²) in [6.45, 7) is 5.55. The summed E-state index contributed by atoms with van der Waals surface area (Å²) in [7, 11) is 1.83. The fourth-order valence-corrected chi connectivity index (χ4v) is 3.38. The first-order chi connectivity index (χ1) is 7.74. The number of ether oxygens (including phenoxy) is 1. The van der Waals surface area contributed by atoms with Gasteiger partial charge in [0.1, 0.15) is 0 Å². The van der Waals surface area contributed by atoms with Crippen LogP contribution in [0.25, 0.3) is 0 Å². The van der Waals surface area contributed by atoms with Crippen LogP contribution in [0.2, 0.25) is 0 Å². The summed E-state index contributed by atoms with van der Waals surface area (Å²) < 4.78 is 5.45. The van der Waals surface area contributed by atoms with Crippen LogP contribution >= 0.6 is 0 Å². The monoisotopic (exact) mass is 226 g/mol. The van der Waals surface area contributed by atoms with E-state index in [4.69, 9.17) is 10.5 Å². The van der Waals surface area contributed by atoms with E-state index < -0.39 is 0 Å². The van der Waals surface area contributed by atoms with Gasteiger partial charge in [0.25, 0.3) is 0 Å². The third-order valence-electron chi connectivity index (χ3n) is 4.50. The Balaban J connectivity index is 1.95. The molecule has 0 aromatic rings. The van der Waals surface area contributed by atoms with Crippen molar-refractivity contribution in [3.8, 4) is 0 Å². The van der Waals surface area contributed by atoms with Gasteiger partial charge in [-0.3, -0.25) is 4.90 Å². The molecule has 0 radical (unpaired) electrons. The Labute approximate surface area is 99.3 Å². The van der Waals surface area contributed by atoms with E-state index in [1.165, 1.54) is 32.2 Å². The third kappa shape index (κ3) is 2.58. The lowest BCUT2D eigenvalue weighted by Crippen LogP contribution is -2.46. The minimum Gasteiger partial charge on any atom is -0.380 e. The molecule has 0 aromatic carbocycles. The van der Waals surface area contributed by atoms with Crippen molar-refractivity contribution in [2.24, 2.45) is 17.6 Å². The standard InChI is InChI=1S/C13H26N2O/c1-10-3-4-11(8-14)13(7-10)15-6-5-12(9-15)16-2/h10-13H,3-9,14H2,1-2H3. The van der Waals surface area contributed by atoms with Crippen LogP contribution in [-0.2, 0) is 4.74 Å². The van der Waals surface area contributed by atoms with Gasteiger partial charge in [-0.1, -0.05) is 13.3 Å². The molecule has 0 spiro atoms. The number of hydrogen-bond acceptors (Lipinski definition) is 3. The van der Waals surface area contributed by atoms with Gasteiger partial charge < -0.3 is 10.5 Å². The van der Waals surface area contributed by atoms with Gasteiger partial charge in [0.05, 0.1) is 6.10 Å². The molecule has 1 saturated carbocycles. The lowest BCUT2D eigenvalue weighted by Gasteiger charge is -2.40. The molecule has 4 unspecified atom stereocenters. The lowest BCUT2D eigenvalue weighted by molar-refractivity contribution is 0.0715. The molecule has 2 fully saturated rings. The van der Waals surface area contributed by atoms with Crippen LogP contribution in [-0.4, -0.2) is 43.8 Å². The van der Waals surface area contributed by atoms with Crippen molar-refractivity contribution in [1.82, 2.24) is 4.90 Å². The molecule has 1 saturated heterocycles.